The summed E-state index contributed by atoms with van der Waals surface area (Å²) in [5.74, 6) is -0.465. The molecule has 0 aliphatic rings. The molecular weight excluding hydrogens is 556 g/mol. The van der Waals surface area contributed by atoms with Gasteiger partial charge in [-0.3, -0.25) is 24.5 Å². The number of anilines is 2. The molecular formula is C31H26N4O6S. The molecule has 212 valence electrons. The lowest BCUT2D eigenvalue weighted by atomic mass is 10.1. The second-order valence-corrected chi connectivity index (χ2v) is 9.82. The summed E-state index contributed by atoms with van der Waals surface area (Å²) in [5.41, 5.74) is 1.77. The first-order valence-corrected chi connectivity index (χ1v) is 13.6. The predicted molar refractivity (Wildman–Crippen MR) is 162 cm³/mol. The number of nitro benzene ring substituents is 1. The maximum atomic E-state index is 13.3. The fraction of sp³-hybridized carbons (Fsp3) is 0.0645. The van der Waals surface area contributed by atoms with Crippen molar-refractivity contribution in [2.75, 3.05) is 23.5 Å². The minimum absolute atomic E-state index is 0.0605. The molecule has 4 rings (SSSR count). The Balaban J connectivity index is 1.45. The number of amides is 3. The van der Waals surface area contributed by atoms with Crippen LogP contribution in [0.25, 0.3) is 6.08 Å². The van der Waals surface area contributed by atoms with E-state index in [1.54, 1.807) is 79.9 Å². The minimum atomic E-state index is -0.600. The Morgan fingerprint density at radius 2 is 1.57 bits per heavy atom. The summed E-state index contributed by atoms with van der Waals surface area (Å²) < 4.78 is 5.12. The number of carbonyl (C=O) groups is 3. The van der Waals surface area contributed by atoms with E-state index in [9.17, 15) is 24.5 Å². The van der Waals surface area contributed by atoms with Gasteiger partial charge in [-0.1, -0.05) is 24.3 Å². The average molecular weight is 583 g/mol. The summed E-state index contributed by atoms with van der Waals surface area (Å²) in [7, 11) is 1.57. The normalized spacial score (nSPS) is 10.8. The Morgan fingerprint density at radius 3 is 2.24 bits per heavy atom. The van der Waals surface area contributed by atoms with Gasteiger partial charge in [-0.25, -0.2) is 0 Å². The third-order valence-electron chi connectivity index (χ3n) is 5.78. The molecule has 0 aliphatic carbocycles. The van der Waals surface area contributed by atoms with Crippen molar-refractivity contribution in [2.45, 2.75) is 4.90 Å². The third kappa shape index (κ3) is 8.54. The van der Waals surface area contributed by atoms with Crippen LogP contribution in [0.3, 0.4) is 0 Å². The van der Waals surface area contributed by atoms with E-state index in [-0.39, 0.29) is 23.0 Å². The molecule has 0 saturated carbocycles. The van der Waals surface area contributed by atoms with E-state index in [4.69, 9.17) is 4.74 Å². The Morgan fingerprint density at radius 1 is 0.857 bits per heavy atom. The van der Waals surface area contributed by atoms with Crippen LogP contribution in [-0.4, -0.2) is 35.5 Å². The van der Waals surface area contributed by atoms with Crippen LogP contribution in [0, 0.1) is 10.1 Å². The summed E-state index contributed by atoms with van der Waals surface area (Å²) in [6, 6.07) is 27.9. The summed E-state index contributed by atoms with van der Waals surface area (Å²) >= 11 is 1.29. The van der Waals surface area contributed by atoms with Gasteiger partial charge in [-0.2, -0.15) is 0 Å². The van der Waals surface area contributed by atoms with Crippen molar-refractivity contribution >= 4 is 52.6 Å². The average Bonchev–Trinajstić information content (AvgIpc) is 3.01. The highest BCUT2D eigenvalue weighted by molar-refractivity contribution is 8.00. The fourth-order valence-corrected chi connectivity index (χ4v) is 4.44. The molecule has 10 nitrogen and oxygen atoms in total. The van der Waals surface area contributed by atoms with Gasteiger partial charge in [0.05, 0.1) is 17.8 Å². The lowest BCUT2D eigenvalue weighted by Gasteiger charge is -2.12. The lowest BCUT2D eigenvalue weighted by molar-refractivity contribution is -0.384. The molecule has 3 amide bonds. The summed E-state index contributed by atoms with van der Waals surface area (Å²) in [6.45, 7) is 0. The number of non-ortho nitro benzene ring substituents is 1. The number of methoxy groups -OCH3 is 1. The smallest absolute Gasteiger partial charge is 0.272 e. The van der Waals surface area contributed by atoms with Crippen LogP contribution in [0.1, 0.15) is 15.9 Å². The van der Waals surface area contributed by atoms with Crippen LogP contribution >= 0.6 is 11.8 Å². The summed E-state index contributed by atoms with van der Waals surface area (Å²) in [6.07, 6.45) is 1.43. The van der Waals surface area contributed by atoms with Crippen molar-refractivity contribution in [3.8, 4) is 5.75 Å². The number of carbonyl (C=O) groups excluding carboxylic acids is 3. The van der Waals surface area contributed by atoms with Gasteiger partial charge in [0, 0.05) is 34.0 Å². The van der Waals surface area contributed by atoms with Gasteiger partial charge < -0.3 is 20.7 Å². The number of ether oxygens (including phenoxy) is 1. The third-order valence-corrected chi connectivity index (χ3v) is 6.77. The van der Waals surface area contributed by atoms with Gasteiger partial charge >= 0.3 is 0 Å². The van der Waals surface area contributed by atoms with Crippen LogP contribution in [0.15, 0.2) is 114 Å². The number of nitrogens with one attached hydrogen (secondary N) is 3. The molecule has 0 radical (unpaired) electrons. The second-order valence-electron chi connectivity index (χ2n) is 8.77. The highest BCUT2D eigenvalue weighted by Crippen LogP contribution is 2.23. The quantitative estimate of drug-likeness (QED) is 0.0886. The highest BCUT2D eigenvalue weighted by Gasteiger charge is 2.16. The van der Waals surface area contributed by atoms with Crippen molar-refractivity contribution in [2.24, 2.45) is 0 Å². The highest BCUT2D eigenvalue weighted by atomic mass is 32.2. The van der Waals surface area contributed by atoms with E-state index in [1.807, 2.05) is 6.07 Å². The van der Waals surface area contributed by atoms with Gasteiger partial charge in [0.25, 0.3) is 17.5 Å². The second kappa shape index (κ2) is 14.3. The zero-order valence-electron chi connectivity index (χ0n) is 22.4. The zero-order chi connectivity index (χ0) is 29.9. The standard InChI is InChI=1S/C31H26N4O6S/c1-41-26-16-12-23(13-17-26)32-29(36)20-42-27-9-5-8-24(19-27)33-31(38)28(34-30(37)22-6-3-2-4-7-22)18-21-10-14-25(15-11-21)35(39)40/h2-19H,20H2,1H3,(H,32,36)(H,33,38)(H,34,37)/b28-18+. The molecule has 11 heteroatoms. The Bertz CT molecular complexity index is 1610. The van der Waals surface area contributed by atoms with Crippen LogP contribution in [0.2, 0.25) is 0 Å². The number of nitrogens with zero attached hydrogens (tertiary/aromatic N) is 1. The largest absolute Gasteiger partial charge is 0.497 e. The Hall–Kier alpha value is -5.42. The first-order valence-electron chi connectivity index (χ1n) is 12.6. The topological polar surface area (TPSA) is 140 Å². The van der Waals surface area contributed by atoms with Gasteiger partial charge in [-0.15, -0.1) is 11.8 Å². The molecule has 0 bridgehead atoms. The van der Waals surface area contributed by atoms with Gasteiger partial charge in [0.2, 0.25) is 5.91 Å². The zero-order valence-corrected chi connectivity index (χ0v) is 23.2. The summed E-state index contributed by atoms with van der Waals surface area (Å²) in [5, 5.41) is 19.2. The molecule has 0 spiro atoms. The molecule has 0 saturated heterocycles. The molecule has 0 unspecified atom stereocenters. The molecule has 0 aromatic heterocycles. The van der Waals surface area contributed by atoms with Crippen molar-refractivity contribution in [1.29, 1.82) is 0 Å². The maximum Gasteiger partial charge on any atom is 0.272 e. The van der Waals surface area contributed by atoms with E-state index in [0.717, 1.165) is 4.90 Å². The number of hydrogen-bond donors (Lipinski definition) is 3. The Kier molecular flexibility index (Phi) is 10.1. The molecule has 42 heavy (non-hydrogen) atoms. The molecule has 4 aromatic carbocycles. The number of nitro groups is 1. The van der Waals surface area contributed by atoms with Crippen LogP contribution in [-0.2, 0) is 9.59 Å². The monoisotopic (exact) mass is 582 g/mol. The first kappa shape index (κ1) is 29.6. The summed E-state index contributed by atoms with van der Waals surface area (Å²) in [4.78, 5) is 49.8. The maximum absolute atomic E-state index is 13.3. The van der Waals surface area contributed by atoms with Crippen LogP contribution in [0.5, 0.6) is 5.75 Å². The number of hydrogen-bond acceptors (Lipinski definition) is 7. The van der Waals surface area contributed by atoms with Crippen molar-refractivity contribution in [3.05, 3.63) is 130 Å². The van der Waals surface area contributed by atoms with Crippen LogP contribution < -0.4 is 20.7 Å². The van der Waals surface area contributed by atoms with Crippen molar-refractivity contribution < 1.29 is 24.0 Å². The van der Waals surface area contributed by atoms with E-state index in [2.05, 4.69) is 16.0 Å². The van der Waals surface area contributed by atoms with E-state index >= 15 is 0 Å². The number of rotatable bonds is 11. The first-order chi connectivity index (χ1) is 20.3. The minimum Gasteiger partial charge on any atom is -0.497 e. The molecule has 0 heterocycles. The molecule has 0 aliphatic heterocycles. The predicted octanol–water partition coefficient (Wildman–Crippen LogP) is 5.74. The van der Waals surface area contributed by atoms with Crippen molar-refractivity contribution in [1.82, 2.24) is 5.32 Å². The number of thioether (sulfide) groups is 1. The van der Waals surface area contributed by atoms with E-state index < -0.39 is 16.7 Å². The van der Waals surface area contributed by atoms with Crippen molar-refractivity contribution in [3.63, 3.8) is 0 Å². The molecule has 3 N–H and O–H groups in total. The van der Waals surface area contributed by atoms with Gasteiger partial charge in [0.15, 0.2) is 0 Å². The van der Waals surface area contributed by atoms with Gasteiger partial charge in [-0.05, 0) is 78.4 Å². The molecule has 0 atom stereocenters. The molecule has 4 aromatic rings. The van der Waals surface area contributed by atoms with E-state index in [1.165, 1.54) is 42.1 Å². The SMILES string of the molecule is COc1ccc(NC(=O)CSc2cccc(NC(=O)/C(=C\c3ccc([N+](=O)[O-])cc3)NC(=O)c3ccccc3)c2)cc1. The van der Waals surface area contributed by atoms with Crippen LogP contribution in [0.4, 0.5) is 17.1 Å². The Labute approximate surface area is 245 Å². The van der Waals surface area contributed by atoms with Gasteiger partial charge in [0.1, 0.15) is 11.4 Å². The number of benzene rings is 4. The fourth-order valence-electron chi connectivity index (χ4n) is 3.68. The molecule has 0 fully saturated rings. The lowest BCUT2D eigenvalue weighted by Crippen LogP contribution is -2.30. The van der Waals surface area contributed by atoms with E-state index in [0.29, 0.717) is 28.3 Å².